The zero-order valence-corrected chi connectivity index (χ0v) is 18.6. The number of thioether (sulfide) groups is 1. The van der Waals surface area contributed by atoms with E-state index in [1.54, 1.807) is 55.0 Å². The molecular weight excluding hydrogens is 431 g/mol. The summed E-state index contributed by atoms with van der Waals surface area (Å²) in [6.07, 6.45) is 1.67. The minimum Gasteiger partial charge on any atom is -0.497 e. The molecule has 0 aliphatic rings. The lowest BCUT2D eigenvalue weighted by Gasteiger charge is -2.15. The largest absolute Gasteiger partial charge is 0.497 e. The second-order valence-electron chi connectivity index (χ2n) is 6.86. The van der Waals surface area contributed by atoms with Crippen molar-refractivity contribution in [3.63, 3.8) is 0 Å². The average molecular weight is 455 g/mol. The van der Waals surface area contributed by atoms with E-state index in [1.165, 1.54) is 30.0 Å². The van der Waals surface area contributed by atoms with Gasteiger partial charge >= 0.3 is 0 Å². The molecular formula is C23H23FN4O3S. The van der Waals surface area contributed by atoms with Crippen LogP contribution in [0.25, 0.3) is 0 Å². The van der Waals surface area contributed by atoms with Gasteiger partial charge in [-0.3, -0.25) is 9.59 Å². The molecule has 1 aromatic heterocycles. The molecule has 0 bridgehead atoms. The normalized spacial score (nSPS) is 11.6. The molecule has 3 rings (SSSR count). The molecule has 166 valence electrons. The maximum Gasteiger partial charge on any atom is 0.254 e. The average Bonchev–Trinajstić information content (AvgIpc) is 3.20. The van der Waals surface area contributed by atoms with Crippen molar-refractivity contribution in [3.05, 3.63) is 84.0 Å². The Kier molecular flexibility index (Phi) is 7.77. The van der Waals surface area contributed by atoms with E-state index < -0.39 is 17.8 Å². The molecule has 7 nitrogen and oxygen atoms in total. The van der Waals surface area contributed by atoms with E-state index in [-0.39, 0.29) is 17.1 Å². The number of carbonyl (C=O) groups excluding carboxylic acids is 2. The number of ketones is 1. The Morgan fingerprint density at radius 2 is 2.03 bits per heavy atom. The van der Waals surface area contributed by atoms with E-state index in [0.717, 1.165) is 0 Å². The monoisotopic (exact) mass is 454 g/mol. The molecule has 1 heterocycles. The molecule has 0 saturated heterocycles. The van der Waals surface area contributed by atoms with Gasteiger partial charge in [0.25, 0.3) is 5.91 Å². The molecule has 0 spiro atoms. The standard InChI is InChI=1S/C23H23FN4O3S/c1-4-12-28-21(15(2)25-22(30)18-10-5-6-11-19(18)24)26-27-23(28)32-14-20(29)16-8-7-9-17(13-16)31-3/h4-11,13,15H,1,12,14H2,2-3H3,(H,25,30)/t15-/m1/s1. The second kappa shape index (κ2) is 10.7. The first-order valence-corrected chi connectivity index (χ1v) is 10.8. The van der Waals surface area contributed by atoms with Crippen molar-refractivity contribution in [2.24, 2.45) is 0 Å². The smallest absolute Gasteiger partial charge is 0.254 e. The summed E-state index contributed by atoms with van der Waals surface area (Å²) in [4.78, 5) is 25.0. The first kappa shape index (κ1) is 23.2. The number of rotatable bonds is 10. The Labute approximate surface area is 189 Å². The van der Waals surface area contributed by atoms with Crippen LogP contribution in [-0.2, 0) is 6.54 Å². The van der Waals surface area contributed by atoms with Crippen molar-refractivity contribution < 1.29 is 18.7 Å². The molecule has 0 aliphatic heterocycles. The minimum absolute atomic E-state index is 0.0485. The first-order valence-electron chi connectivity index (χ1n) is 9.84. The quantitative estimate of drug-likeness (QED) is 0.282. The maximum atomic E-state index is 13.9. The van der Waals surface area contributed by atoms with E-state index in [0.29, 0.717) is 28.8 Å². The van der Waals surface area contributed by atoms with Crippen LogP contribution in [0.5, 0.6) is 5.75 Å². The van der Waals surface area contributed by atoms with Gasteiger partial charge < -0.3 is 14.6 Å². The highest BCUT2D eigenvalue weighted by molar-refractivity contribution is 7.99. The molecule has 1 N–H and O–H groups in total. The maximum absolute atomic E-state index is 13.9. The van der Waals surface area contributed by atoms with Crippen LogP contribution in [0.2, 0.25) is 0 Å². The molecule has 0 saturated carbocycles. The number of amides is 1. The molecule has 1 atom stereocenters. The highest BCUT2D eigenvalue weighted by Crippen LogP contribution is 2.23. The molecule has 0 aliphatic carbocycles. The predicted molar refractivity (Wildman–Crippen MR) is 121 cm³/mol. The fourth-order valence-corrected chi connectivity index (χ4v) is 3.87. The molecule has 0 fully saturated rings. The Bertz CT molecular complexity index is 1130. The fourth-order valence-electron chi connectivity index (χ4n) is 3.02. The van der Waals surface area contributed by atoms with Gasteiger partial charge in [-0.2, -0.15) is 0 Å². The molecule has 9 heteroatoms. The Morgan fingerprint density at radius 3 is 2.75 bits per heavy atom. The van der Waals surface area contributed by atoms with Gasteiger partial charge in [-0.05, 0) is 31.2 Å². The third-order valence-electron chi connectivity index (χ3n) is 4.63. The second-order valence-corrected chi connectivity index (χ2v) is 7.80. The van der Waals surface area contributed by atoms with Gasteiger partial charge in [-0.1, -0.05) is 42.1 Å². The van der Waals surface area contributed by atoms with Gasteiger partial charge in [-0.25, -0.2) is 4.39 Å². The van der Waals surface area contributed by atoms with E-state index in [9.17, 15) is 14.0 Å². The number of carbonyl (C=O) groups is 2. The zero-order valence-electron chi connectivity index (χ0n) is 17.7. The van der Waals surface area contributed by atoms with Crippen LogP contribution < -0.4 is 10.1 Å². The van der Waals surface area contributed by atoms with Crippen LogP contribution in [0.15, 0.2) is 66.3 Å². The molecule has 2 aromatic carbocycles. The molecule has 0 radical (unpaired) electrons. The van der Waals surface area contributed by atoms with Gasteiger partial charge in [0.15, 0.2) is 16.8 Å². The van der Waals surface area contributed by atoms with E-state index >= 15 is 0 Å². The number of hydrogen-bond acceptors (Lipinski definition) is 6. The first-order chi connectivity index (χ1) is 15.4. The Morgan fingerprint density at radius 1 is 1.25 bits per heavy atom. The van der Waals surface area contributed by atoms with Gasteiger partial charge in [0.2, 0.25) is 0 Å². The van der Waals surface area contributed by atoms with Crippen molar-refractivity contribution >= 4 is 23.5 Å². The topological polar surface area (TPSA) is 86.1 Å². The summed E-state index contributed by atoms with van der Waals surface area (Å²) in [6.45, 7) is 5.88. The van der Waals surface area contributed by atoms with Crippen molar-refractivity contribution in [2.75, 3.05) is 12.9 Å². The lowest BCUT2D eigenvalue weighted by Crippen LogP contribution is -2.29. The van der Waals surface area contributed by atoms with Crippen LogP contribution in [0.1, 0.15) is 39.5 Å². The lowest BCUT2D eigenvalue weighted by molar-refractivity contribution is 0.0932. The Balaban J connectivity index is 1.73. The zero-order chi connectivity index (χ0) is 23.1. The number of nitrogens with zero attached hydrogens (tertiary/aromatic N) is 3. The number of aromatic nitrogens is 3. The number of hydrogen-bond donors (Lipinski definition) is 1. The van der Waals surface area contributed by atoms with Gasteiger partial charge in [0.1, 0.15) is 11.6 Å². The third-order valence-corrected chi connectivity index (χ3v) is 5.60. The third kappa shape index (κ3) is 5.42. The van der Waals surface area contributed by atoms with E-state index in [2.05, 4.69) is 22.1 Å². The summed E-state index contributed by atoms with van der Waals surface area (Å²) >= 11 is 1.24. The highest BCUT2D eigenvalue weighted by Gasteiger charge is 2.21. The summed E-state index contributed by atoms with van der Waals surface area (Å²) < 4.78 is 20.8. The Hall–Kier alpha value is -3.46. The van der Waals surface area contributed by atoms with Gasteiger partial charge in [0.05, 0.1) is 24.5 Å². The van der Waals surface area contributed by atoms with Gasteiger partial charge in [0, 0.05) is 12.1 Å². The number of benzene rings is 2. The van der Waals surface area contributed by atoms with Crippen molar-refractivity contribution in [2.45, 2.75) is 24.7 Å². The summed E-state index contributed by atoms with van der Waals surface area (Å²) in [7, 11) is 1.55. The van der Waals surface area contributed by atoms with Crippen molar-refractivity contribution in [3.8, 4) is 5.75 Å². The molecule has 1 amide bonds. The summed E-state index contributed by atoms with van der Waals surface area (Å²) in [5, 5.41) is 11.6. The summed E-state index contributed by atoms with van der Waals surface area (Å²) in [6, 6.07) is 12.2. The number of nitrogens with one attached hydrogen (secondary N) is 1. The van der Waals surface area contributed by atoms with Crippen molar-refractivity contribution in [1.82, 2.24) is 20.1 Å². The van der Waals surface area contributed by atoms with Gasteiger partial charge in [-0.15, -0.1) is 16.8 Å². The predicted octanol–water partition coefficient (Wildman–Crippen LogP) is 4.08. The van der Waals surface area contributed by atoms with Crippen LogP contribution in [0.3, 0.4) is 0 Å². The minimum atomic E-state index is -0.600. The lowest BCUT2D eigenvalue weighted by atomic mass is 10.1. The summed E-state index contributed by atoms with van der Waals surface area (Å²) in [5.41, 5.74) is 0.491. The SMILES string of the molecule is C=CCn1c(SCC(=O)c2cccc(OC)c2)nnc1[C@@H](C)NC(=O)c1ccccc1F. The molecule has 0 unspecified atom stereocenters. The van der Waals surface area contributed by atoms with Crippen molar-refractivity contribution in [1.29, 1.82) is 0 Å². The van der Waals surface area contributed by atoms with Crippen LogP contribution in [0, 0.1) is 5.82 Å². The number of ether oxygens (including phenoxy) is 1. The summed E-state index contributed by atoms with van der Waals surface area (Å²) in [5.74, 6) is 0.00863. The van der Waals surface area contributed by atoms with E-state index in [1.807, 2.05) is 0 Å². The number of halogens is 1. The van der Waals surface area contributed by atoms with Crippen LogP contribution in [0.4, 0.5) is 4.39 Å². The fraction of sp³-hybridized carbons (Fsp3) is 0.217. The van der Waals surface area contributed by atoms with Crippen LogP contribution in [-0.4, -0.2) is 39.3 Å². The molecule has 32 heavy (non-hydrogen) atoms. The number of methoxy groups -OCH3 is 1. The van der Waals surface area contributed by atoms with Crippen LogP contribution >= 0.6 is 11.8 Å². The molecule has 3 aromatic rings. The van der Waals surface area contributed by atoms with E-state index in [4.69, 9.17) is 4.74 Å². The number of allylic oxidation sites excluding steroid dienone is 1. The number of Topliss-reactive ketones (excluding diaryl/α,β-unsaturated/α-hetero) is 1. The highest BCUT2D eigenvalue weighted by atomic mass is 32.2.